The molecule has 21 heavy (non-hydrogen) atoms. The van der Waals surface area contributed by atoms with E-state index in [4.69, 9.17) is 0 Å². The van der Waals surface area contributed by atoms with Crippen LogP contribution >= 0.6 is 0 Å². The van der Waals surface area contributed by atoms with Gasteiger partial charge in [-0.05, 0) is 17.7 Å². The molecule has 1 aromatic heterocycles. The summed E-state index contributed by atoms with van der Waals surface area (Å²) in [5, 5.41) is 9.42. The maximum absolute atomic E-state index is 13.0. The number of H-pyrrole nitrogens is 1. The van der Waals surface area contributed by atoms with Crippen molar-refractivity contribution in [3.8, 4) is 0 Å². The third kappa shape index (κ3) is 2.95. The van der Waals surface area contributed by atoms with Gasteiger partial charge in [-0.25, -0.2) is 9.37 Å². The van der Waals surface area contributed by atoms with Crippen LogP contribution in [0.3, 0.4) is 0 Å². The van der Waals surface area contributed by atoms with Gasteiger partial charge in [0.15, 0.2) is 0 Å². The number of hydrogen-bond donors (Lipinski definition) is 2. The zero-order chi connectivity index (χ0) is 14.8. The lowest BCUT2D eigenvalue weighted by molar-refractivity contribution is -0.141. The Morgan fingerprint density at radius 1 is 1.38 bits per heavy atom. The molecule has 2 heterocycles. The predicted octanol–water partition coefficient (Wildman–Crippen LogP) is 1.85. The topological polar surface area (TPSA) is 69.2 Å². The van der Waals surface area contributed by atoms with E-state index in [0.717, 1.165) is 11.4 Å². The largest absolute Gasteiger partial charge is 0.481 e. The molecule has 0 amide bonds. The van der Waals surface area contributed by atoms with Gasteiger partial charge < -0.3 is 10.1 Å². The molecule has 0 bridgehead atoms. The second-order valence-electron chi connectivity index (χ2n) is 5.33. The Balaban J connectivity index is 1.78. The molecule has 1 aliphatic heterocycles. The Kier molecular flexibility index (Phi) is 3.70. The van der Waals surface area contributed by atoms with Crippen molar-refractivity contribution in [2.75, 3.05) is 13.1 Å². The molecule has 2 unspecified atom stereocenters. The normalized spacial score (nSPS) is 22.5. The van der Waals surface area contributed by atoms with Crippen molar-refractivity contribution in [3.05, 3.63) is 53.9 Å². The van der Waals surface area contributed by atoms with Crippen LogP contribution in [-0.2, 0) is 11.3 Å². The number of carbonyl (C=O) groups is 1. The van der Waals surface area contributed by atoms with Crippen molar-refractivity contribution in [2.24, 2.45) is 5.92 Å². The number of nitrogens with zero attached hydrogens (tertiary/aromatic N) is 2. The van der Waals surface area contributed by atoms with Crippen LogP contribution in [0.5, 0.6) is 0 Å². The van der Waals surface area contributed by atoms with Crippen molar-refractivity contribution >= 4 is 5.97 Å². The van der Waals surface area contributed by atoms with Crippen LogP contribution in [0.2, 0.25) is 0 Å². The first kappa shape index (κ1) is 13.8. The summed E-state index contributed by atoms with van der Waals surface area (Å²) >= 11 is 0. The molecular weight excluding hydrogens is 273 g/mol. The van der Waals surface area contributed by atoms with Crippen LogP contribution in [0.4, 0.5) is 4.39 Å². The van der Waals surface area contributed by atoms with E-state index in [1.54, 1.807) is 24.5 Å². The van der Waals surface area contributed by atoms with Gasteiger partial charge in [-0.15, -0.1) is 0 Å². The number of hydrogen-bond acceptors (Lipinski definition) is 3. The quantitative estimate of drug-likeness (QED) is 0.901. The van der Waals surface area contributed by atoms with Crippen molar-refractivity contribution < 1.29 is 14.3 Å². The lowest BCUT2D eigenvalue weighted by Crippen LogP contribution is -2.23. The number of carboxylic acid groups (broad SMARTS) is 1. The molecule has 5 nitrogen and oxygen atoms in total. The number of carboxylic acids is 1. The molecule has 6 heteroatoms. The van der Waals surface area contributed by atoms with Gasteiger partial charge in [-0.1, -0.05) is 12.1 Å². The Morgan fingerprint density at radius 2 is 2.14 bits per heavy atom. The fraction of sp³-hybridized carbons (Fsp3) is 0.333. The minimum Gasteiger partial charge on any atom is -0.481 e. The lowest BCUT2D eigenvalue weighted by Gasteiger charge is -2.15. The first-order valence-corrected chi connectivity index (χ1v) is 6.82. The van der Waals surface area contributed by atoms with Crippen molar-refractivity contribution in [1.29, 1.82) is 0 Å². The second kappa shape index (κ2) is 5.65. The van der Waals surface area contributed by atoms with Crippen molar-refractivity contribution in [1.82, 2.24) is 14.9 Å². The van der Waals surface area contributed by atoms with Gasteiger partial charge >= 0.3 is 5.97 Å². The number of halogens is 1. The van der Waals surface area contributed by atoms with Gasteiger partial charge in [0.25, 0.3) is 0 Å². The predicted molar refractivity (Wildman–Crippen MR) is 74.1 cm³/mol. The van der Waals surface area contributed by atoms with E-state index < -0.39 is 11.9 Å². The number of aliphatic carboxylic acids is 1. The van der Waals surface area contributed by atoms with Gasteiger partial charge in [0, 0.05) is 31.4 Å². The van der Waals surface area contributed by atoms with Gasteiger partial charge in [-0.2, -0.15) is 0 Å². The summed E-state index contributed by atoms with van der Waals surface area (Å²) < 4.78 is 13.0. The van der Waals surface area contributed by atoms with E-state index in [2.05, 4.69) is 14.9 Å². The summed E-state index contributed by atoms with van der Waals surface area (Å²) in [6.45, 7) is 1.69. The highest BCUT2D eigenvalue weighted by molar-refractivity contribution is 5.72. The molecule has 110 valence electrons. The standard InChI is InChI=1S/C15H16FN3O2/c16-11-3-1-10(2-4-11)12-7-19(8-13(12)15(20)21)9-14-17-5-6-18-14/h1-6,12-13H,7-9H2,(H,17,18)(H,20,21). The van der Waals surface area contributed by atoms with Gasteiger partial charge in [0.2, 0.25) is 0 Å². The van der Waals surface area contributed by atoms with E-state index in [9.17, 15) is 14.3 Å². The van der Waals surface area contributed by atoms with Crippen LogP contribution in [0.1, 0.15) is 17.3 Å². The van der Waals surface area contributed by atoms with Gasteiger partial charge in [0.1, 0.15) is 11.6 Å². The number of rotatable bonds is 4. The average molecular weight is 289 g/mol. The van der Waals surface area contributed by atoms with Crippen LogP contribution in [-0.4, -0.2) is 39.0 Å². The molecule has 3 rings (SSSR count). The van der Waals surface area contributed by atoms with E-state index in [1.165, 1.54) is 12.1 Å². The first-order valence-electron chi connectivity index (χ1n) is 6.82. The molecule has 1 aliphatic rings. The smallest absolute Gasteiger partial charge is 0.308 e. The summed E-state index contributed by atoms with van der Waals surface area (Å²) in [6, 6.07) is 6.10. The molecule has 2 atom stereocenters. The third-order valence-corrected chi connectivity index (χ3v) is 3.94. The van der Waals surface area contributed by atoms with Crippen molar-refractivity contribution in [2.45, 2.75) is 12.5 Å². The minimum atomic E-state index is -0.814. The molecule has 1 aromatic carbocycles. The zero-order valence-electron chi connectivity index (χ0n) is 11.4. The SMILES string of the molecule is O=C(O)C1CN(Cc2ncc[nH]2)CC1c1ccc(F)cc1. The number of aromatic nitrogens is 2. The number of nitrogens with one attached hydrogen (secondary N) is 1. The summed E-state index contributed by atoms with van der Waals surface area (Å²) in [7, 11) is 0. The van der Waals surface area contributed by atoms with E-state index >= 15 is 0 Å². The fourth-order valence-corrected chi connectivity index (χ4v) is 2.91. The molecular formula is C15H16FN3O2. The van der Waals surface area contributed by atoms with E-state index in [0.29, 0.717) is 19.6 Å². The maximum atomic E-state index is 13.0. The Labute approximate surface area is 121 Å². The highest BCUT2D eigenvalue weighted by atomic mass is 19.1. The Bertz CT molecular complexity index is 612. The van der Waals surface area contributed by atoms with Crippen molar-refractivity contribution in [3.63, 3.8) is 0 Å². The average Bonchev–Trinajstić information content (AvgIpc) is 3.10. The van der Waals surface area contributed by atoms with Gasteiger partial charge in [0.05, 0.1) is 12.5 Å². The molecule has 1 saturated heterocycles. The van der Waals surface area contributed by atoms with E-state index in [-0.39, 0.29) is 11.7 Å². The summed E-state index contributed by atoms with van der Waals surface area (Å²) in [5.74, 6) is -0.912. The van der Waals surface area contributed by atoms with Crippen LogP contribution in [0, 0.1) is 11.7 Å². The highest BCUT2D eigenvalue weighted by Gasteiger charge is 2.38. The number of benzene rings is 1. The summed E-state index contributed by atoms with van der Waals surface area (Å²) in [4.78, 5) is 20.7. The highest BCUT2D eigenvalue weighted by Crippen LogP contribution is 2.33. The Hall–Kier alpha value is -2.21. The molecule has 0 radical (unpaired) electrons. The molecule has 0 saturated carbocycles. The monoisotopic (exact) mass is 289 g/mol. The summed E-state index contributed by atoms with van der Waals surface area (Å²) in [5.41, 5.74) is 0.866. The number of likely N-dealkylation sites (tertiary alicyclic amines) is 1. The first-order chi connectivity index (χ1) is 10.1. The minimum absolute atomic E-state index is 0.127. The van der Waals surface area contributed by atoms with Crippen LogP contribution in [0.15, 0.2) is 36.7 Å². The second-order valence-corrected chi connectivity index (χ2v) is 5.33. The molecule has 0 spiro atoms. The van der Waals surface area contributed by atoms with E-state index in [1.807, 2.05) is 0 Å². The fourth-order valence-electron chi connectivity index (χ4n) is 2.91. The lowest BCUT2D eigenvalue weighted by atomic mass is 9.89. The molecule has 2 aromatic rings. The van der Waals surface area contributed by atoms with Crippen LogP contribution < -0.4 is 0 Å². The van der Waals surface area contributed by atoms with Crippen LogP contribution in [0.25, 0.3) is 0 Å². The maximum Gasteiger partial charge on any atom is 0.308 e. The summed E-state index contributed by atoms with van der Waals surface area (Å²) in [6.07, 6.45) is 3.43. The third-order valence-electron chi connectivity index (χ3n) is 3.94. The molecule has 2 N–H and O–H groups in total. The molecule has 0 aliphatic carbocycles. The number of imidazole rings is 1. The number of aromatic amines is 1. The van der Waals surface area contributed by atoms with Gasteiger partial charge in [-0.3, -0.25) is 9.69 Å². The Morgan fingerprint density at radius 3 is 2.76 bits per heavy atom. The molecule has 1 fully saturated rings. The zero-order valence-corrected chi connectivity index (χ0v) is 11.4.